The minimum atomic E-state index is -3.81. The van der Waals surface area contributed by atoms with Crippen LogP contribution in [0, 0.1) is 15.2 Å². The first-order chi connectivity index (χ1) is 16.4. The Morgan fingerprint density at radius 1 is 0.943 bits per heavy atom. The Balaban J connectivity index is 1.76. The van der Waals surface area contributed by atoms with Gasteiger partial charge in [0.2, 0.25) is 20.0 Å². The molecule has 3 N–H and O–H groups in total. The van der Waals surface area contributed by atoms with Crippen molar-refractivity contribution in [3.8, 4) is 11.5 Å². The average molecular weight is 635 g/mol. The summed E-state index contributed by atoms with van der Waals surface area (Å²) < 4.78 is 88.8. The summed E-state index contributed by atoms with van der Waals surface area (Å²) in [6.07, 6.45) is 1.96. The highest BCUT2D eigenvalue weighted by atomic mass is 127. The molecule has 3 aromatic carbocycles. The van der Waals surface area contributed by atoms with Gasteiger partial charge in [0.25, 0.3) is 0 Å². The summed E-state index contributed by atoms with van der Waals surface area (Å²) in [4.78, 5) is 0. The van der Waals surface area contributed by atoms with E-state index in [-0.39, 0.29) is 34.2 Å². The number of halogens is 3. The third-order valence-corrected chi connectivity index (χ3v) is 7.96. The van der Waals surface area contributed by atoms with Crippen LogP contribution in [0.4, 0.5) is 31.5 Å². The fourth-order valence-corrected chi connectivity index (χ4v) is 5.60. The monoisotopic (exact) mass is 635 g/mol. The van der Waals surface area contributed by atoms with Crippen LogP contribution in [0.2, 0.25) is 0 Å². The standard InChI is InChI=1S/C22H20F2IN3O5S2/c1-34(29,30)27-15-3-2-4-16(12-15)33-21-10-13(23)9-20(22(21)28-35(31,32)17-6-7-17)26-19-8-5-14(25)11-18(19)24/h2-5,8-12,17,26-28H,6-7H2,1H3. The van der Waals surface area contributed by atoms with Gasteiger partial charge in [0, 0.05) is 15.7 Å². The first kappa shape index (κ1) is 25.4. The molecule has 8 nitrogen and oxygen atoms in total. The first-order valence-electron chi connectivity index (χ1n) is 10.2. The fraction of sp³-hybridized carbons (Fsp3) is 0.182. The zero-order valence-electron chi connectivity index (χ0n) is 18.2. The summed E-state index contributed by atoms with van der Waals surface area (Å²) in [6, 6.07) is 12.2. The number of nitrogens with one attached hydrogen (secondary N) is 3. The van der Waals surface area contributed by atoms with E-state index in [1.807, 2.05) is 22.6 Å². The first-order valence-corrected chi connectivity index (χ1v) is 14.7. The van der Waals surface area contributed by atoms with Crippen molar-refractivity contribution >= 4 is 65.4 Å². The second-order valence-electron chi connectivity index (χ2n) is 7.93. The molecule has 0 spiro atoms. The molecule has 0 aliphatic heterocycles. The molecule has 35 heavy (non-hydrogen) atoms. The van der Waals surface area contributed by atoms with Crippen LogP contribution in [0.25, 0.3) is 0 Å². The third-order valence-electron chi connectivity index (χ3n) is 4.84. The predicted octanol–water partition coefficient (Wildman–Crippen LogP) is 5.38. The van der Waals surface area contributed by atoms with Gasteiger partial charge in [0.05, 0.1) is 28.6 Å². The molecule has 1 saturated carbocycles. The number of anilines is 4. The van der Waals surface area contributed by atoms with Gasteiger partial charge >= 0.3 is 0 Å². The van der Waals surface area contributed by atoms with Gasteiger partial charge in [-0.1, -0.05) is 6.07 Å². The summed E-state index contributed by atoms with van der Waals surface area (Å²) in [5.41, 5.74) is 0.0291. The molecule has 1 fully saturated rings. The van der Waals surface area contributed by atoms with E-state index in [0.717, 1.165) is 18.4 Å². The van der Waals surface area contributed by atoms with Crippen molar-refractivity contribution in [1.82, 2.24) is 0 Å². The molecule has 1 aliphatic rings. The van der Waals surface area contributed by atoms with Crippen LogP contribution in [0.15, 0.2) is 54.6 Å². The Morgan fingerprint density at radius 3 is 2.34 bits per heavy atom. The van der Waals surface area contributed by atoms with Crippen molar-refractivity contribution in [3.05, 3.63) is 69.8 Å². The Hall–Kier alpha value is -2.65. The number of hydrogen-bond acceptors (Lipinski definition) is 6. The van der Waals surface area contributed by atoms with E-state index < -0.39 is 36.9 Å². The average Bonchev–Trinajstić information content (AvgIpc) is 3.57. The van der Waals surface area contributed by atoms with Crippen molar-refractivity contribution in [1.29, 1.82) is 0 Å². The fourth-order valence-electron chi connectivity index (χ4n) is 3.17. The van der Waals surface area contributed by atoms with Gasteiger partial charge in [-0.15, -0.1) is 0 Å². The van der Waals surface area contributed by atoms with E-state index in [9.17, 15) is 25.6 Å². The molecule has 1 aliphatic carbocycles. The van der Waals surface area contributed by atoms with Gasteiger partial charge in [-0.2, -0.15) is 0 Å². The SMILES string of the molecule is CS(=O)(=O)Nc1cccc(Oc2cc(F)cc(Nc3ccc(I)cc3F)c2NS(=O)(=O)C2CC2)c1. The number of benzene rings is 3. The van der Waals surface area contributed by atoms with Crippen LogP contribution in [-0.4, -0.2) is 28.3 Å². The van der Waals surface area contributed by atoms with Gasteiger partial charge in [-0.25, -0.2) is 25.6 Å². The Kier molecular flexibility index (Phi) is 7.11. The second kappa shape index (κ2) is 9.78. The predicted molar refractivity (Wildman–Crippen MR) is 139 cm³/mol. The number of sulfonamides is 2. The largest absolute Gasteiger partial charge is 0.455 e. The molecule has 0 aromatic heterocycles. The molecule has 13 heteroatoms. The van der Waals surface area contributed by atoms with E-state index in [1.165, 1.54) is 36.4 Å². The molecule has 186 valence electrons. The third kappa shape index (κ3) is 6.73. The Morgan fingerprint density at radius 2 is 1.69 bits per heavy atom. The molecule has 0 heterocycles. The summed E-state index contributed by atoms with van der Waals surface area (Å²) in [5, 5.41) is 2.15. The zero-order chi connectivity index (χ0) is 25.4. The highest BCUT2D eigenvalue weighted by Gasteiger charge is 2.37. The van der Waals surface area contributed by atoms with Crippen molar-refractivity contribution in [3.63, 3.8) is 0 Å². The van der Waals surface area contributed by atoms with Gasteiger partial charge < -0.3 is 10.1 Å². The highest BCUT2D eigenvalue weighted by molar-refractivity contribution is 14.1. The van der Waals surface area contributed by atoms with Crippen LogP contribution in [0.5, 0.6) is 11.5 Å². The lowest BCUT2D eigenvalue weighted by atomic mass is 10.2. The van der Waals surface area contributed by atoms with Crippen LogP contribution >= 0.6 is 22.6 Å². The topological polar surface area (TPSA) is 114 Å². The van der Waals surface area contributed by atoms with Crippen molar-refractivity contribution in [2.45, 2.75) is 18.1 Å². The smallest absolute Gasteiger partial charge is 0.235 e. The van der Waals surface area contributed by atoms with Crippen LogP contribution < -0.4 is 19.5 Å². The molecular formula is C22H20F2IN3O5S2. The Labute approximate surface area is 215 Å². The maximum Gasteiger partial charge on any atom is 0.235 e. The molecule has 0 radical (unpaired) electrons. The molecule has 0 unspecified atom stereocenters. The maximum atomic E-state index is 14.6. The van der Waals surface area contributed by atoms with E-state index in [4.69, 9.17) is 4.74 Å². The molecule has 0 saturated heterocycles. The van der Waals surface area contributed by atoms with Crippen molar-refractivity contribution in [2.24, 2.45) is 0 Å². The second-order valence-corrected chi connectivity index (χ2v) is 12.9. The van der Waals surface area contributed by atoms with E-state index in [2.05, 4.69) is 14.8 Å². The minimum absolute atomic E-state index is 0.00758. The molecule has 0 amide bonds. The van der Waals surface area contributed by atoms with Gasteiger partial charge in [0.15, 0.2) is 5.75 Å². The van der Waals surface area contributed by atoms with E-state index >= 15 is 0 Å². The Bertz CT molecular complexity index is 1500. The normalized spacial score (nSPS) is 13.8. The number of hydrogen-bond donors (Lipinski definition) is 3. The van der Waals surface area contributed by atoms with Gasteiger partial charge in [-0.3, -0.25) is 9.44 Å². The number of ether oxygens (including phenoxy) is 1. The molecule has 0 atom stereocenters. The lowest BCUT2D eigenvalue weighted by Gasteiger charge is -2.19. The van der Waals surface area contributed by atoms with Crippen LogP contribution in [0.3, 0.4) is 0 Å². The molecule has 4 rings (SSSR count). The highest BCUT2D eigenvalue weighted by Crippen LogP contribution is 2.41. The van der Waals surface area contributed by atoms with Crippen molar-refractivity contribution < 1.29 is 30.4 Å². The lowest BCUT2D eigenvalue weighted by Crippen LogP contribution is -2.19. The molecule has 0 bridgehead atoms. The summed E-state index contributed by atoms with van der Waals surface area (Å²) in [7, 11) is -7.37. The summed E-state index contributed by atoms with van der Waals surface area (Å²) in [5.74, 6) is -1.46. The number of rotatable bonds is 9. The maximum absolute atomic E-state index is 14.6. The van der Waals surface area contributed by atoms with Crippen LogP contribution in [0.1, 0.15) is 12.8 Å². The van der Waals surface area contributed by atoms with Gasteiger partial charge in [-0.05, 0) is 71.8 Å². The summed E-state index contributed by atoms with van der Waals surface area (Å²) >= 11 is 1.94. The van der Waals surface area contributed by atoms with Gasteiger partial charge in [0.1, 0.15) is 23.1 Å². The minimum Gasteiger partial charge on any atom is -0.455 e. The molecular weight excluding hydrogens is 615 g/mol. The molecule has 3 aromatic rings. The van der Waals surface area contributed by atoms with E-state index in [0.29, 0.717) is 16.4 Å². The summed E-state index contributed by atoms with van der Waals surface area (Å²) in [6.45, 7) is 0. The van der Waals surface area contributed by atoms with Crippen molar-refractivity contribution in [2.75, 3.05) is 21.0 Å². The quantitative estimate of drug-likeness (QED) is 0.272. The van der Waals surface area contributed by atoms with Crippen LogP contribution in [-0.2, 0) is 20.0 Å². The zero-order valence-corrected chi connectivity index (χ0v) is 22.0. The van der Waals surface area contributed by atoms with E-state index in [1.54, 1.807) is 6.07 Å². The lowest BCUT2D eigenvalue weighted by molar-refractivity contribution is 0.479.